The lowest BCUT2D eigenvalue weighted by molar-refractivity contribution is 0.168. The number of hydrogen-bond donors (Lipinski definition) is 3. The number of oxime groups is 1. The molecule has 0 aliphatic heterocycles. The van der Waals surface area contributed by atoms with Crippen LogP contribution in [0.2, 0.25) is 0 Å². The molecule has 4 N–H and O–H groups in total. The van der Waals surface area contributed by atoms with Gasteiger partial charge in [0.2, 0.25) is 0 Å². The molecule has 0 heterocycles. The molecule has 16 heavy (non-hydrogen) atoms. The van der Waals surface area contributed by atoms with Crippen molar-refractivity contribution in [1.82, 2.24) is 5.32 Å². The Morgan fingerprint density at radius 3 is 2.88 bits per heavy atom. The molecule has 1 rings (SSSR count). The van der Waals surface area contributed by atoms with Gasteiger partial charge in [0.05, 0.1) is 0 Å². The van der Waals surface area contributed by atoms with Gasteiger partial charge in [-0.05, 0) is 31.2 Å². The van der Waals surface area contributed by atoms with Crippen molar-refractivity contribution in [2.24, 2.45) is 16.3 Å². The van der Waals surface area contributed by atoms with Crippen molar-refractivity contribution in [3.8, 4) is 0 Å². The van der Waals surface area contributed by atoms with Crippen molar-refractivity contribution in [3.63, 3.8) is 0 Å². The number of amidine groups is 1. The van der Waals surface area contributed by atoms with E-state index in [2.05, 4.69) is 24.3 Å². The lowest BCUT2D eigenvalue weighted by Gasteiger charge is -2.39. The zero-order valence-corrected chi connectivity index (χ0v) is 10.5. The maximum Gasteiger partial charge on any atom is 0.139 e. The molecule has 0 spiro atoms. The Morgan fingerprint density at radius 1 is 1.50 bits per heavy atom. The van der Waals surface area contributed by atoms with Crippen molar-refractivity contribution in [2.45, 2.75) is 58.4 Å². The molecule has 1 aliphatic rings. The second-order valence-electron chi connectivity index (χ2n) is 5.44. The summed E-state index contributed by atoms with van der Waals surface area (Å²) < 4.78 is 0. The number of rotatable bonds is 5. The van der Waals surface area contributed by atoms with Gasteiger partial charge in [0, 0.05) is 12.5 Å². The summed E-state index contributed by atoms with van der Waals surface area (Å²) in [5, 5.41) is 15.0. The Kier molecular flexibility index (Phi) is 5.06. The predicted octanol–water partition coefficient (Wildman–Crippen LogP) is 2.07. The molecule has 1 saturated carbocycles. The van der Waals surface area contributed by atoms with Gasteiger partial charge in [0.1, 0.15) is 5.84 Å². The van der Waals surface area contributed by atoms with Gasteiger partial charge in [-0.1, -0.05) is 31.8 Å². The Bertz CT molecular complexity index is 238. The monoisotopic (exact) mass is 227 g/mol. The first-order valence-electron chi connectivity index (χ1n) is 6.26. The van der Waals surface area contributed by atoms with E-state index in [9.17, 15) is 0 Å². The van der Waals surface area contributed by atoms with Crippen molar-refractivity contribution in [1.29, 1.82) is 0 Å². The number of nitrogens with zero attached hydrogens (tertiary/aromatic N) is 1. The fraction of sp³-hybridized carbons (Fsp3) is 0.917. The molecule has 4 nitrogen and oxygen atoms in total. The third kappa shape index (κ3) is 4.00. The van der Waals surface area contributed by atoms with Crippen molar-refractivity contribution in [2.75, 3.05) is 6.54 Å². The lowest BCUT2D eigenvalue weighted by Crippen LogP contribution is -2.44. The summed E-state index contributed by atoms with van der Waals surface area (Å²) in [4.78, 5) is 0. The zero-order valence-electron chi connectivity index (χ0n) is 10.5. The van der Waals surface area contributed by atoms with Crippen molar-refractivity contribution >= 4 is 5.84 Å². The Labute approximate surface area is 98.3 Å². The molecule has 1 fully saturated rings. The highest BCUT2D eigenvalue weighted by molar-refractivity contribution is 5.79. The topological polar surface area (TPSA) is 70.6 Å². The van der Waals surface area contributed by atoms with Crippen molar-refractivity contribution in [3.05, 3.63) is 0 Å². The summed E-state index contributed by atoms with van der Waals surface area (Å²) in [6.45, 7) is 5.63. The molecule has 0 aromatic carbocycles. The van der Waals surface area contributed by atoms with Crippen LogP contribution in [0.4, 0.5) is 0 Å². The second-order valence-corrected chi connectivity index (χ2v) is 5.44. The summed E-state index contributed by atoms with van der Waals surface area (Å²) in [7, 11) is 0. The highest BCUT2D eigenvalue weighted by Crippen LogP contribution is 2.35. The Hall–Kier alpha value is -0.770. The van der Waals surface area contributed by atoms with E-state index >= 15 is 0 Å². The van der Waals surface area contributed by atoms with E-state index < -0.39 is 0 Å². The first-order chi connectivity index (χ1) is 7.56. The summed E-state index contributed by atoms with van der Waals surface area (Å²) >= 11 is 0. The van der Waals surface area contributed by atoms with Crippen LogP contribution < -0.4 is 11.1 Å². The molecule has 0 bridgehead atoms. The Morgan fingerprint density at radius 2 is 2.25 bits per heavy atom. The van der Waals surface area contributed by atoms with Gasteiger partial charge in [-0.25, -0.2) is 0 Å². The molecule has 0 radical (unpaired) electrons. The molecule has 0 saturated heterocycles. The van der Waals surface area contributed by atoms with Crippen molar-refractivity contribution < 1.29 is 5.21 Å². The van der Waals surface area contributed by atoms with Crippen LogP contribution in [0.1, 0.15) is 52.4 Å². The predicted molar refractivity (Wildman–Crippen MR) is 66.7 cm³/mol. The first kappa shape index (κ1) is 13.3. The summed E-state index contributed by atoms with van der Waals surface area (Å²) in [5.74, 6) is 0.324. The van der Waals surface area contributed by atoms with Crippen LogP contribution in [0.3, 0.4) is 0 Å². The Balaban J connectivity index is 2.21. The molecule has 0 amide bonds. The second kappa shape index (κ2) is 6.09. The number of nitrogens with two attached hydrogens (primary N) is 1. The lowest BCUT2D eigenvalue weighted by atomic mass is 9.73. The van der Waals surface area contributed by atoms with E-state index in [-0.39, 0.29) is 0 Å². The molecule has 0 aromatic rings. The van der Waals surface area contributed by atoms with E-state index in [0.29, 0.717) is 23.7 Å². The molecule has 94 valence electrons. The summed E-state index contributed by atoms with van der Waals surface area (Å²) in [6, 6.07) is 0.619. The van der Waals surface area contributed by atoms with E-state index in [1.165, 1.54) is 25.7 Å². The normalized spacial score (nSPS) is 25.6. The minimum atomic E-state index is 0.324. The highest BCUT2D eigenvalue weighted by atomic mass is 16.4. The smallest absolute Gasteiger partial charge is 0.139 e. The van der Waals surface area contributed by atoms with Gasteiger partial charge in [-0.2, -0.15) is 0 Å². The zero-order chi connectivity index (χ0) is 12.0. The van der Waals surface area contributed by atoms with Crippen LogP contribution in [0.15, 0.2) is 5.16 Å². The van der Waals surface area contributed by atoms with E-state index in [4.69, 9.17) is 10.9 Å². The van der Waals surface area contributed by atoms with Crippen LogP contribution in [-0.2, 0) is 0 Å². The standard InChI is InChI=1S/C12H25N3O/c1-12(2)8-4-3-6-10(12)14-9-5-7-11(13)15-16/h10,14,16H,3-9H2,1-2H3,(H2,13,15). The van der Waals surface area contributed by atoms with Gasteiger partial charge in [0.25, 0.3) is 0 Å². The number of hydrogen-bond acceptors (Lipinski definition) is 3. The molecule has 1 aliphatic carbocycles. The fourth-order valence-corrected chi connectivity index (χ4v) is 2.47. The molecular formula is C12H25N3O. The summed E-state index contributed by atoms with van der Waals surface area (Å²) in [5.41, 5.74) is 5.83. The van der Waals surface area contributed by atoms with Gasteiger partial charge in [0.15, 0.2) is 0 Å². The fourth-order valence-electron chi connectivity index (χ4n) is 2.47. The van der Waals surface area contributed by atoms with Crippen LogP contribution in [-0.4, -0.2) is 23.6 Å². The average Bonchev–Trinajstić information content (AvgIpc) is 2.25. The summed E-state index contributed by atoms with van der Waals surface area (Å²) in [6.07, 6.45) is 6.87. The van der Waals surface area contributed by atoms with E-state index in [1.54, 1.807) is 0 Å². The van der Waals surface area contributed by atoms with Gasteiger partial charge in [-0.3, -0.25) is 0 Å². The maximum absolute atomic E-state index is 8.41. The van der Waals surface area contributed by atoms with Gasteiger partial charge in [-0.15, -0.1) is 0 Å². The van der Waals surface area contributed by atoms with E-state index in [1.807, 2.05) is 0 Å². The molecular weight excluding hydrogens is 202 g/mol. The molecule has 0 aromatic heterocycles. The number of nitrogens with one attached hydrogen (secondary N) is 1. The van der Waals surface area contributed by atoms with Crippen LogP contribution >= 0.6 is 0 Å². The van der Waals surface area contributed by atoms with Crippen LogP contribution in [0, 0.1) is 5.41 Å². The molecule has 4 heteroatoms. The minimum absolute atomic E-state index is 0.324. The van der Waals surface area contributed by atoms with Crippen LogP contribution in [0.5, 0.6) is 0 Å². The maximum atomic E-state index is 8.41. The van der Waals surface area contributed by atoms with Crippen LogP contribution in [0.25, 0.3) is 0 Å². The quantitative estimate of drug-likeness (QED) is 0.221. The largest absolute Gasteiger partial charge is 0.409 e. The van der Waals surface area contributed by atoms with Gasteiger partial charge < -0.3 is 16.3 Å². The average molecular weight is 227 g/mol. The minimum Gasteiger partial charge on any atom is -0.409 e. The third-order valence-corrected chi connectivity index (χ3v) is 3.64. The third-order valence-electron chi connectivity index (χ3n) is 3.64. The first-order valence-corrected chi connectivity index (χ1v) is 6.26. The highest BCUT2D eigenvalue weighted by Gasteiger charge is 2.31. The van der Waals surface area contributed by atoms with E-state index in [0.717, 1.165) is 13.0 Å². The van der Waals surface area contributed by atoms with Gasteiger partial charge >= 0.3 is 0 Å². The SMILES string of the molecule is CC1(C)CCCCC1NCCCC(N)=NO. The molecule has 1 atom stereocenters. The molecule has 1 unspecified atom stereocenters.